The molecule has 0 aromatic heterocycles. The molecule has 1 heteroatoms. The van der Waals surface area contributed by atoms with Gasteiger partial charge in [-0.15, -0.1) is 0 Å². The smallest absolute Gasteiger partial charge is 0.00460 e. The highest BCUT2D eigenvalue weighted by molar-refractivity contribution is 9.11. The summed E-state index contributed by atoms with van der Waals surface area (Å²) < 4.78 is 1.32. The molecular formula is C13H15Br. The van der Waals surface area contributed by atoms with Crippen LogP contribution in [0.4, 0.5) is 0 Å². The highest BCUT2D eigenvalue weighted by Gasteiger charge is 2.10. The lowest BCUT2D eigenvalue weighted by Crippen LogP contribution is -1.98. The van der Waals surface area contributed by atoms with Crippen molar-refractivity contribution in [3.63, 3.8) is 0 Å². The second kappa shape index (κ2) is 4.31. The van der Waals surface area contributed by atoms with E-state index < -0.39 is 0 Å². The molecule has 0 aliphatic heterocycles. The molecule has 0 unspecified atom stereocenters. The molecule has 0 saturated carbocycles. The molecule has 74 valence electrons. The first kappa shape index (κ1) is 9.97. The van der Waals surface area contributed by atoms with E-state index in [4.69, 9.17) is 0 Å². The average Bonchev–Trinajstić information content (AvgIpc) is 2.21. The zero-order valence-electron chi connectivity index (χ0n) is 8.52. The van der Waals surface area contributed by atoms with E-state index >= 15 is 0 Å². The van der Waals surface area contributed by atoms with Crippen LogP contribution in [0.15, 0.2) is 45.5 Å². The van der Waals surface area contributed by atoms with Gasteiger partial charge in [0.25, 0.3) is 0 Å². The third-order valence-electron chi connectivity index (χ3n) is 2.87. The Morgan fingerprint density at radius 3 is 2.00 bits per heavy atom. The minimum absolute atomic E-state index is 1.16. The molecule has 0 fully saturated rings. The van der Waals surface area contributed by atoms with Crippen LogP contribution in [0.2, 0.25) is 0 Å². The first-order valence-electron chi connectivity index (χ1n) is 5.17. The van der Waals surface area contributed by atoms with Gasteiger partial charge in [-0.1, -0.05) is 45.8 Å². The fourth-order valence-corrected chi connectivity index (χ4v) is 2.22. The maximum absolute atomic E-state index is 3.53. The van der Waals surface area contributed by atoms with E-state index in [9.17, 15) is 0 Å². The van der Waals surface area contributed by atoms with Crippen molar-refractivity contribution < 1.29 is 0 Å². The molecule has 2 rings (SSSR count). The molecule has 14 heavy (non-hydrogen) atoms. The molecule has 0 atom stereocenters. The van der Waals surface area contributed by atoms with Gasteiger partial charge in [0.15, 0.2) is 0 Å². The lowest BCUT2D eigenvalue weighted by molar-refractivity contribution is 0.867. The quantitative estimate of drug-likeness (QED) is 0.636. The van der Waals surface area contributed by atoms with Gasteiger partial charge in [-0.2, -0.15) is 0 Å². The van der Waals surface area contributed by atoms with E-state index in [0.29, 0.717) is 0 Å². The summed E-state index contributed by atoms with van der Waals surface area (Å²) in [6.07, 6.45) is 13.8. The van der Waals surface area contributed by atoms with Crippen molar-refractivity contribution in [3.05, 3.63) is 45.5 Å². The Morgan fingerprint density at radius 2 is 1.50 bits per heavy atom. The predicted molar refractivity (Wildman–Crippen MR) is 65.4 cm³/mol. The third kappa shape index (κ3) is 2.27. The highest BCUT2D eigenvalue weighted by Crippen LogP contribution is 2.31. The lowest BCUT2D eigenvalue weighted by atomic mass is 9.89. The highest BCUT2D eigenvalue weighted by atomic mass is 79.9. The SMILES string of the molecule is CC1=CC=C(C2=CC=C(Br)CC2)CC1. The first-order chi connectivity index (χ1) is 6.75. The molecule has 2 aliphatic rings. The maximum atomic E-state index is 3.53. The first-order valence-corrected chi connectivity index (χ1v) is 5.97. The summed E-state index contributed by atoms with van der Waals surface area (Å²) in [4.78, 5) is 0. The molecule has 0 radical (unpaired) electrons. The van der Waals surface area contributed by atoms with Gasteiger partial charge < -0.3 is 0 Å². The molecule has 0 aromatic carbocycles. The van der Waals surface area contributed by atoms with Gasteiger partial charge in [-0.3, -0.25) is 0 Å². The van der Waals surface area contributed by atoms with Gasteiger partial charge in [0, 0.05) is 0 Å². The van der Waals surface area contributed by atoms with Crippen LogP contribution in [-0.2, 0) is 0 Å². The Labute approximate surface area is 94.2 Å². The van der Waals surface area contributed by atoms with E-state index in [1.807, 2.05) is 0 Å². The van der Waals surface area contributed by atoms with Crippen LogP contribution in [0.1, 0.15) is 32.6 Å². The zero-order chi connectivity index (χ0) is 9.97. The largest absolute Gasteiger partial charge is 0.0730 e. The average molecular weight is 251 g/mol. The number of rotatable bonds is 1. The Morgan fingerprint density at radius 1 is 0.857 bits per heavy atom. The minimum atomic E-state index is 1.16. The molecule has 0 nitrogen and oxygen atoms in total. The molecule has 0 spiro atoms. The molecule has 2 aliphatic carbocycles. The number of hydrogen-bond acceptors (Lipinski definition) is 0. The summed E-state index contributed by atoms with van der Waals surface area (Å²) in [6, 6.07) is 0. The standard InChI is InChI=1S/C13H15Br/c1-10-2-4-11(5-3-10)12-6-8-13(14)9-7-12/h2,4,6,8H,3,5,7,9H2,1H3. The van der Waals surface area contributed by atoms with Crippen LogP contribution in [0.3, 0.4) is 0 Å². The van der Waals surface area contributed by atoms with Gasteiger partial charge in [-0.05, 0) is 48.2 Å². The van der Waals surface area contributed by atoms with Crippen molar-refractivity contribution in [2.75, 3.05) is 0 Å². The Hall–Kier alpha value is -0.560. The summed E-state index contributed by atoms with van der Waals surface area (Å²) in [5.74, 6) is 0. The normalized spacial score (nSPS) is 22.1. The van der Waals surface area contributed by atoms with Crippen LogP contribution in [0.25, 0.3) is 0 Å². The predicted octanol–water partition coefficient (Wildman–Crippen LogP) is 4.65. The Kier molecular flexibility index (Phi) is 3.07. The fraction of sp³-hybridized carbons (Fsp3) is 0.385. The second-order valence-electron chi connectivity index (χ2n) is 4.01. The molecular weight excluding hydrogens is 236 g/mol. The van der Waals surface area contributed by atoms with Crippen molar-refractivity contribution in [2.24, 2.45) is 0 Å². The van der Waals surface area contributed by atoms with Crippen LogP contribution in [0.5, 0.6) is 0 Å². The van der Waals surface area contributed by atoms with Crippen molar-refractivity contribution >= 4 is 15.9 Å². The summed E-state index contributed by atoms with van der Waals surface area (Å²) in [5.41, 5.74) is 4.56. The number of halogens is 1. The van der Waals surface area contributed by atoms with E-state index in [1.165, 1.54) is 40.5 Å². The van der Waals surface area contributed by atoms with Gasteiger partial charge in [-0.25, -0.2) is 0 Å². The topological polar surface area (TPSA) is 0 Å². The summed E-state index contributed by atoms with van der Waals surface area (Å²) in [6.45, 7) is 2.21. The Balaban J connectivity index is 2.17. The minimum Gasteiger partial charge on any atom is -0.0730 e. The molecule has 0 amide bonds. The van der Waals surface area contributed by atoms with Crippen molar-refractivity contribution in [1.82, 2.24) is 0 Å². The summed E-state index contributed by atoms with van der Waals surface area (Å²) in [5, 5.41) is 0. The van der Waals surface area contributed by atoms with Crippen LogP contribution >= 0.6 is 15.9 Å². The lowest BCUT2D eigenvalue weighted by Gasteiger charge is -2.17. The monoisotopic (exact) mass is 250 g/mol. The molecule has 0 aromatic rings. The fourth-order valence-electron chi connectivity index (χ4n) is 1.89. The molecule has 0 N–H and O–H groups in total. The van der Waals surface area contributed by atoms with Crippen molar-refractivity contribution in [1.29, 1.82) is 0 Å². The van der Waals surface area contributed by atoms with E-state index in [2.05, 4.69) is 47.2 Å². The maximum Gasteiger partial charge on any atom is -0.00460 e. The number of allylic oxidation sites excluding steroid dienone is 8. The van der Waals surface area contributed by atoms with E-state index in [-0.39, 0.29) is 0 Å². The van der Waals surface area contributed by atoms with Crippen LogP contribution < -0.4 is 0 Å². The van der Waals surface area contributed by atoms with E-state index in [0.717, 1.165) is 6.42 Å². The third-order valence-corrected chi connectivity index (χ3v) is 3.53. The van der Waals surface area contributed by atoms with Crippen LogP contribution in [-0.4, -0.2) is 0 Å². The summed E-state index contributed by atoms with van der Waals surface area (Å²) in [7, 11) is 0. The van der Waals surface area contributed by atoms with Crippen LogP contribution in [0, 0.1) is 0 Å². The zero-order valence-corrected chi connectivity index (χ0v) is 10.1. The van der Waals surface area contributed by atoms with Crippen molar-refractivity contribution in [3.8, 4) is 0 Å². The molecule has 0 saturated heterocycles. The van der Waals surface area contributed by atoms with Gasteiger partial charge >= 0.3 is 0 Å². The van der Waals surface area contributed by atoms with Gasteiger partial charge in [0.1, 0.15) is 0 Å². The molecule has 0 heterocycles. The number of hydrogen-bond donors (Lipinski definition) is 0. The van der Waals surface area contributed by atoms with Gasteiger partial charge in [0.2, 0.25) is 0 Å². The summed E-state index contributed by atoms with van der Waals surface area (Å²) >= 11 is 3.53. The second-order valence-corrected chi connectivity index (χ2v) is 5.03. The van der Waals surface area contributed by atoms with Crippen molar-refractivity contribution in [2.45, 2.75) is 32.6 Å². The Bertz CT molecular complexity index is 317. The van der Waals surface area contributed by atoms with Gasteiger partial charge in [0.05, 0.1) is 0 Å². The van der Waals surface area contributed by atoms with E-state index in [1.54, 1.807) is 0 Å². The molecule has 0 bridgehead atoms.